The fourth-order valence-corrected chi connectivity index (χ4v) is 2.61. The highest BCUT2D eigenvalue weighted by Gasteiger charge is 2.37. The molecule has 24 heavy (non-hydrogen) atoms. The normalized spacial score (nSPS) is 17.8. The van der Waals surface area contributed by atoms with Crippen LogP contribution in [0.3, 0.4) is 0 Å². The van der Waals surface area contributed by atoms with Crippen molar-refractivity contribution in [1.82, 2.24) is 14.9 Å². The molecule has 0 saturated carbocycles. The van der Waals surface area contributed by atoms with Gasteiger partial charge in [0.1, 0.15) is 6.10 Å². The van der Waals surface area contributed by atoms with Gasteiger partial charge < -0.3 is 9.64 Å². The first-order valence-corrected chi connectivity index (χ1v) is 7.33. The Labute approximate surface area is 136 Å². The molecular formula is C16H14F3N3O2. The van der Waals surface area contributed by atoms with E-state index in [0.29, 0.717) is 18.8 Å². The summed E-state index contributed by atoms with van der Waals surface area (Å²) in [7, 11) is 0. The number of aromatic nitrogens is 2. The van der Waals surface area contributed by atoms with E-state index in [1.165, 1.54) is 41.7 Å². The Bertz CT molecular complexity index is 722. The minimum atomic E-state index is -4.57. The van der Waals surface area contributed by atoms with Gasteiger partial charge in [-0.1, -0.05) is 12.1 Å². The van der Waals surface area contributed by atoms with E-state index in [2.05, 4.69) is 9.97 Å². The number of carbonyl (C=O) groups is 1. The summed E-state index contributed by atoms with van der Waals surface area (Å²) in [4.78, 5) is 21.7. The van der Waals surface area contributed by atoms with E-state index in [9.17, 15) is 18.0 Å². The molecular weight excluding hydrogens is 323 g/mol. The Kier molecular flexibility index (Phi) is 4.37. The van der Waals surface area contributed by atoms with Crippen LogP contribution >= 0.6 is 0 Å². The summed E-state index contributed by atoms with van der Waals surface area (Å²) in [5, 5.41) is 0. The molecule has 2 aromatic rings. The quantitative estimate of drug-likeness (QED) is 0.864. The SMILES string of the molecule is O=C(c1ccccc1C(F)(F)F)N1CCC(Oc2cnccn2)C1. The number of nitrogens with zero attached hydrogens (tertiary/aromatic N) is 3. The first kappa shape index (κ1) is 16.2. The monoisotopic (exact) mass is 337 g/mol. The lowest BCUT2D eigenvalue weighted by molar-refractivity contribution is -0.138. The zero-order valence-corrected chi connectivity index (χ0v) is 12.5. The first-order valence-electron chi connectivity index (χ1n) is 7.33. The van der Waals surface area contributed by atoms with Crippen molar-refractivity contribution >= 4 is 5.91 Å². The molecule has 1 aromatic carbocycles. The fraction of sp³-hybridized carbons (Fsp3) is 0.312. The van der Waals surface area contributed by atoms with Gasteiger partial charge in [-0.2, -0.15) is 13.2 Å². The van der Waals surface area contributed by atoms with Gasteiger partial charge >= 0.3 is 6.18 Å². The maximum Gasteiger partial charge on any atom is 0.417 e. The van der Waals surface area contributed by atoms with Gasteiger partial charge in [0, 0.05) is 25.4 Å². The molecule has 1 fully saturated rings. The van der Waals surface area contributed by atoms with Crippen LogP contribution in [0, 0.1) is 0 Å². The smallest absolute Gasteiger partial charge is 0.417 e. The van der Waals surface area contributed by atoms with Crippen molar-refractivity contribution in [2.75, 3.05) is 13.1 Å². The zero-order chi connectivity index (χ0) is 17.2. The number of rotatable bonds is 3. The molecule has 1 aromatic heterocycles. The van der Waals surface area contributed by atoms with E-state index in [-0.39, 0.29) is 18.2 Å². The Morgan fingerprint density at radius 2 is 2.04 bits per heavy atom. The lowest BCUT2D eigenvalue weighted by Gasteiger charge is -2.19. The third-order valence-electron chi connectivity index (χ3n) is 3.72. The number of benzene rings is 1. The van der Waals surface area contributed by atoms with Crippen LogP contribution in [0.4, 0.5) is 13.2 Å². The van der Waals surface area contributed by atoms with Gasteiger partial charge in [-0.25, -0.2) is 4.98 Å². The van der Waals surface area contributed by atoms with Gasteiger partial charge in [0.2, 0.25) is 5.88 Å². The van der Waals surface area contributed by atoms with Gasteiger partial charge in [0.05, 0.1) is 23.9 Å². The predicted molar refractivity (Wildman–Crippen MR) is 78.4 cm³/mol. The molecule has 1 aliphatic rings. The summed E-state index contributed by atoms with van der Waals surface area (Å²) in [6.45, 7) is 0.539. The van der Waals surface area contributed by atoms with Gasteiger partial charge in [-0.3, -0.25) is 9.78 Å². The molecule has 0 N–H and O–H groups in total. The number of halogens is 3. The molecule has 1 aliphatic heterocycles. The molecule has 0 bridgehead atoms. The second-order valence-corrected chi connectivity index (χ2v) is 5.37. The third kappa shape index (κ3) is 3.47. The van der Waals surface area contributed by atoms with E-state index in [4.69, 9.17) is 4.74 Å². The van der Waals surface area contributed by atoms with E-state index < -0.39 is 17.6 Å². The summed E-state index contributed by atoms with van der Waals surface area (Å²) in [5.74, 6) is -0.319. The minimum absolute atomic E-state index is 0.210. The molecule has 1 atom stereocenters. The van der Waals surface area contributed by atoms with Crippen molar-refractivity contribution in [3.05, 3.63) is 54.0 Å². The molecule has 0 spiro atoms. The standard InChI is InChI=1S/C16H14F3N3O2/c17-16(18,19)13-4-2-1-3-12(13)15(23)22-8-5-11(10-22)24-14-9-20-6-7-21-14/h1-4,6-7,9,11H,5,8,10H2. The van der Waals surface area contributed by atoms with Crippen molar-refractivity contribution in [3.8, 4) is 5.88 Å². The van der Waals surface area contributed by atoms with Crippen molar-refractivity contribution in [2.45, 2.75) is 18.7 Å². The van der Waals surface area contributed by atoms with Crippen LogP contribution in [-0.2, 0) is 6.18 Å². The molecule has 126 valence electrons. The van der Waals surface area contributed by atoms with Crippen LogP contribution in [0.25, 0.3) is 0 Å². The van der Waals surface area contributed by atoms with Crippen LogP contribution < -0.4 is 4.74 Å². The van der Waals surface area contributed by atoms with Crippen molar-refractivity contribution in [2.24, 2.45) is 0 Å². The van der Waals surface area contributed by atoms with Crippen molar-refractivity contribution in [3.63, 3.8) is 0 Å². The maximum atomic E-state index is 13.0. The van der Waals surface area contributed by atoms with E-state index in [1.54, 1.807) is 0 Å². The average Bonchev–Trinajstić information content (AvgIpc) is 3.03. The highest BCUT2D eigenvalue weighted by molar-refractivity contribution is 5.96. The van der Waals surface area contributed by atoms with E-state index in [1.807, 2.05) is 0 Å². The minimum Gasteiger partial charge on any atom is -0.471 e. The van der Waals surface area contributed by atoms with Gasteiger partial charge in [-0.15, -0.1) is 0 Å². The topological polar surface area (TPSA) is 55.3 Å². The van der Waals surface area contributed by atoms with Crippen LogP contribution in [0.5, 0.6) is 5.88 Å². The molecule has 5 nitrogen and oxygen atoms in total. The van der Waals surface area contributed by atoms with Crippen molar-refractivity contribution in [1.29, 1.82) is 0 Å². The van der Waals surface area contributed by atoms with Gasteiger partial charge in [0.25, 0.3) is 5.91 Å². The van der Waals surface area contributed by atoms with E-state index in [0.717, 1.165) is 6.07 Å². The number of ether oxygens (including phenoxy) is 1. The molecule has 1 saturated heterocycles. The highest BCUT2D eigenvalue weighted by atomic mass is 19.4. The molecule has 8 heteroatoms. The number of alkyl halides is 3. The highest BCUT2D eigenvalue weighted by Crippen LogP contribution is 2.32. The fourth-order valence-electron chi connectivity index (χ4n) is 2.61. The van der Waals surface area contributed by atoms with Crippen LogP contribution in [-0.4, -0.2) is 40.0 Å². The second kappa shape index (κ2) is 6.46. The summed E-state index contributed by atoms with van der Waals surface area (Å²) in [6, 6.07) is 4.80. The molecule has 1 unspecified atom stereocenters. The predicted octanol–water partition coefficient (Wildman–Crippen LogP) is 2.79. The Balaban J connectivity index is 1.71. The number of hydrogen-bond donors (Lipinski definition) is 0. The van der Waals surface area contributed by atoms with Gasteiger partial charge in [-0.05, 0) is 12.1 Å². The molecule has 0 aliphatic carbocycles. The first-order chi connectivity index (χ1) is 11.4. The zero-order valence-electron chi connectivity index (χ0n) is 12.5. The number of likely N-dealkylation sites (tertiary alicyclic amines) is 1. The third-order valence-corrected chi connectivity index (χ3v) is 3.72. The number of carbonyl (C=O) groups excluding carboxylic acids is 1. The van der Waals surface area contributed by atoms with Gasteiger partial charge in [0.15, 0.2) is 0 Å². The Morgan fingerprint density at radius 3 is 2.75 bits per heavy atom. The number of amides is 1. The average molecular weight is 337 g/mol. The summed E-state index contributed by atoms with van der Waals surface area (Å²) < 4.78 is 44.7. The largest absolute Gasteiger partial charge is 0.471 e. The van der Waals surface area contributed by atoms with E-state index >= 15 is 0 Å². The maximum absolute atomic E-state index is 13.0. The summed E-state index contributed by atoms with van der Waals surface area (Å²) >= 11 is 0. The van der Waals surface area contributed by atoms with Crippen LogP contribution in [0.15, 0.2) is 42.9 Å². The molecule has 1 amide bonds. The molecule has 2 heterocycles. The molecule has 3 rings (SSSR count). The second-order valence-electron chi connectivity index (χ2n) is 5.37. The van der Waals surface area contributed by atoms with Crippen LogP contribution in [0.1, 0.15) is 22.3 Å². The number of hydrogen-bond acceptors (Lipinski definition) is 4. The van der Waals surface area contributed by atoms with Crippen molar-refractivity contribution < 1.29 is 22.7 Å². The lowest BCUT2D eigenvalue weighted by Crippen LogP contribution is -2.32. The summed E-state index contributed by atoms with van der Waals surface area (Å²) in [6.07, 6.45) is 0.0725. The Hall–Kier alpha value is -2.64. The molecule has 0 radical (unpaired) electrons. The van der Waals surface area contributed by atoms with Crippen LogP contribution in [0.2, 0.25) is 0 Å². The lowest BCUT2D eigenvalue weighted by atomic mass is 10.1. The summed E-state index contributed by atoms with van der Waals surface area (Å²) in [5.41, 5.74) is -1.27. The Morgan fingerprint density at radius 1 is 1.25 bits per heavy atom.